The number of hydrogen-bond donors (Lipinski definition) is 1. The van der Waals surface area contributed by atoms with E-state index in [9.17, 15) is 4.39 Å². The number of halogens is 2. The van der Waals surface area contributed by atoms with Gasteiger partial charge in [-0.1, -0.05) is 40.2 Å². The van der Waals surface area contributed by atoms with Crippen LogP contribution in [0.3, 0.4) is 0 Å². The van der Waals surface area contributed by atoms with Gasteiger partial charge in [0, 0.05) is 16.1 Å². The minimum absolute atomic E-state index is 0.00322. The zero-order valence-corrected chi connectivity index (χ0v) is 13.4. The van der Waals surface area contributed by atoms with Gasteiger partial charge in [-0.15, -0.1) is 0 Å². The first-order chi connectivity index (χ1) is 9.58. The molecular formula is C17H19BrFN. The van der Waals surface area contributed by atoms with E-state index >= 15 is 0 Å². The first kappa shape index (κ1) is 15.2. The van der Waals surface area contributed by atoms with Crippen molar-refractivity contribution in [1.82, 2.24) is 5.32 Å². The Morgan fingerprint density at radius 2 is 1.95 bits per heavy atom. The third-order valence-electron chi connectivity index (χ3n) is 3.53. The van der Waals surface area contributed by atoms with Crippen LogP contribution < -0.4 is 5.32 Å². The summed E-state index contributed by atoms with van der Waals surface area (Å²) in [7, 11) is 0. The Bertz CT molecular complexity index is 583. The fraction of sp³-hybridized carbons (Fsp3) is 0.294. The summed E-state index contributed by atoms with van der Waals surface area (Å²) in [5.41, 5.74) is 3.33. The van der Waals surface area contributed by atoms with Crippen LogP contribution in [0.2, 0.25) is 0 Å². The molecule has 1 N–H and O–H groups in total. The number of hydrogen-bond acceptors (Lipinski definition) is 1. The largest absolute Gasteiger partial charge is 0.310 e. The molecule has 106 valence electrons. The van der Waals surface area contributed by atoms with Crippen molar-refractivity contribution in [2.75, 3.05) is 6.54 Å². The van der Waals surface area contributed by atoms with E-state index in [1.54, 1.807) is 6.07 Å². The molecule has 0 spiro atoms. The summed E-state index contributed by atoms with van der Waals surface area (Å²) in [6.45, 7) is 4.94. The predicted octanol–water partition coefficient (Wildman–Crippen LogP) is 4.79. The molecule has 0 bridgehead atoms. The van der Waals surface area contributed by atoms with Crippen LogP contribution in [0.25, 0.3) is 0 Å². The third-order valence-corrected chi connectivity index (χ3v) is 4.02. The molecule has 0 heterocycles. The molecule has 0 amide bonds. The van der Waals surface area contributed by atoms with E-state index in [4.69, 9.17) is 0 Å². The van der Waals surface area contributed by atoms with E-state index < -0.39 is 0 Å². The summed E-state index contributed by atoms with van der Waals surface area (Å²) in [6.07, 6.45) is 0.951. The van der Waals surface area contributed by atoms with Gasteiger partial charge >= 0.3 is 0 Å². The van der Waals surface area contributed by atoms with Gasteiger partial charge in [-0.05, 0) is 56.1 Å². The van der Waals surface area contributed by atoms with Crippen molar-refractivity contribution in [3.05, 3.63) is 69.4 Å². The highest BCUT2D eigenvalue weighted by Gasteiger charge is 2.10. The molecule has 1 nitrogen and oxygen atoms in total. The van der Waals surface area contributed by atoms with Crippen LogP contribution >= 0.6 is 15.9 Å². The smallest absolute Gasteiger partial charge is 0.128 e. The molecule has 3 heteroatoms. The van der Waals surface area contributed by atoms with E-state index in [0.717, 1.165) is 17.4 Å². The topological polar surface area (TPSA) is 12.0 Å². The Morgan fingerprint density at radius 1 is 1.20 bits per heavy atom. The summed E-state index contributed by atoms with van der Waals surface area (Å²) in [5, 5.41) is 3.38. The van der Waals surface area contributed by atoms with Crippen LogP contribution in [0, 0.1) is 12.7 Å². The lowest BCUT2D eigenvalue weighted by Crippen LogP contribution is -2.22. The predicted molar refractivity (Wildman–Crippen MR) is 85.4 cm³/mol. The Labute approximate surface area is 128 Å². The van der Waals surface area contributed by atoms with Crippen molar-refractivity contribution in [3.63, 3.8) is 0 Å². The van der Waals surface area contributed by atoms with Crippen molar-refractivity contribution in [2.45, 2.75) is 26.3 Å². The molecule has 0 saturated heterocycles. The second-order valence-electron chi connectivity index (χ2n) is 5.02. The average molecular weight is 336 g/mol. The molecule has 0 saturated carbocycles. The second kappa shape index (κ2) is 7.00. The zero-order chi connectivity index (χ0) is 14.5. The molecule has 1 atom stereocenters. The highest BCUT2D eigenvalue weighted by Crippen LogP contribution is 2.21. The summed E-state index contributed by atoms with van der Waals surface area (Å²) < 4.78 is 14.7. The Hall–Kier alpha value is -1.19. The lowest BCUT2D eigenvalue weighted by molar-refractivity contribution is 0.530. The fourth-order valence-electron chi connectivity index (χ4n) is 2.27. The monoisotopic (exact) mass is 335 g/mol. The summed E-state index contributed by atoms with van der Waals surface area (Å²) in [6, 6.07) is 13.4. The van der Waals surface area contributed by atoms with Gasteiger partial charge < -0.3 is 5.32 Å². The van der Waals surface area contributed by atoms with Crippen LogP contribution in [-0.4, -0.2) is 6.54 Å². The molecule has 0 radical (unpaired) electrons. The van der Waals surface area contributed by atoms with Crippen molar-refractivity contribution >= 4 is 15.9 Å². The molecule has 0 fully saturated rings. The maximum Gasteiger partial charge on any atom is 0.128 e. The van der Waals surface area contributed by atoms with Gasteiger partial charge in [0.2, 0.25) is 0 Å². The van der Waals surface area contributed by atoms with E-state index in [1.807, 2.05) is 19.1 Å². The van der Waals surface area contributed by atoms with Crippen LogP contribution in [0.15, 0.2) is 46.9 Å². The Morgan fingerprint density at radius 3 is 2.70 bits per heavy atom. The van der Waals surface area contributed by atoms with E-state index in [0.29, 0.717) is 5.56 Å². The van der Waals surface area contributed by atoms with Crippen LogP contribution in [0.1, 0.15) is 29.7 Å². The van der Waals surface area contributed by atoms with Crippen molar-refractivity contribution in [3.8, 4) is 0 Å². The van der Waals surface area contributed by atoms with E-state index in [1.165, 1.54) is 17.2 Å². The van der Waals surface area contributed by atoms with Gasteiger partial charge in [0.1, 0.15) is 5.82 Å². The van der Waals surface area contributed by atoms with Gasteiger partial charge in [-0.2, -0.15) is 0 Å². The fourth-order valence-corrected chi connectivity index (χ4v) is 2.65. The molecule has 2 aromatic carbocycles. The van der Waals surface area contributed by atoms with Crippen LogP contribution in [0.4, 0.5) is 4.39 Å². The first-order valence-electron chi connectivity index (χ1n) is 6.81. The summed E-state index contributed by atoms with van der Waals surface area (Å²) >= 11 is 3.38. The van der Waals surface area contributed by atoms with Gasteiger partial charge in [-0.25, -0.2) is 4.39 Å². The maximum absolute atomic E-state index is 13.8. The van der Waals surface area contributed by atoms with Gasteiger partial charge in [0.05, 0.1) is 0 Å². The van der Waals surface area contributed by atoms with E-state index in [2.05, 4.69) is 46.4 Å². The molecule has 0 aliphatic carbocycles. The molecule has 1 unspecified atom stereocenters. The van der Waals surface area contributed by atoms with Gasteiger partial charge in [0.15, 0.2) is 0 Å². The van der Waals surface area contributed by atoms with Gasteiger partial charge in [0.25, 0.3) is 0 Å². The first-order valence-corrected chi connectivity index (χ1v) is 7.60. The van der Waals surface area contributed by atoms with Crippen molar-refractivity contribution < 1.29 is 4.39 Å². The second-order valence-corrected chi connectivity index (χ2v) is 5.93. The van der Waals surface area contributed by atoms with Crippen molar-refractivity contribution in [1.29, 1.82) is 0 Å². The SMILES string of the molecule is Cc1ccccc1CCNC(C)c1cc(Br)ccc1F. The van der Waals surface area contributed by atoms with E-state index in [-0.39, 0.29) is 11.9 Å². The average Bonchev–Trinajstić information content (AvgIpc) is 2.43. The molecule has 0 aliphatic rings. The minimum atomic E-state index is -0.163. The Kier molecular flexibility index (Phi) is 5.32. The summed E-state index contributed by atoms with van der Waals surface area (Å²) in [4.78, 5) is 0. The Balaban J connectivity index is 1.94. The van der Waals surface area contributed by atoms with Gasteiger partial charge in [-0.3, -0.25) is 0 Å². The van der Waals surface area contributed by atoms with Crippen LogP contribution in [-0.2, 0) is 6.42 Å². The van der Waals surface area contributed by atoms with Crippen molar-refractivity contribution in [2.24, 2.45) is 0 Å². The molecule has 2 aromatic rings. The van der Waals surface area contributed by atoms with Crippen LogP contribution in [0.5, 0.6) is 0 Å². The lowest BCUT2D eigenvalue weighted by Gasteiger charge is -2.16. The number of nitrogens with one attached hydrogen (secondary N) is 1. The quantitative estimate of drug-likeness (QED) is 0.828. The third kappa shape index (κ3) is 3.90. The highest BCUT2D eigenvalue weighted by atomic mass is 79.9. The highest BCUT2D eigenvalue weighted by molar-refractivity contribution is 9.10. The molecule has 2 rings (SSSR count). The minimum Gasteiger partial charge on any atom is -0.310 e. The maximum atomic E-state index is 13.8. The number of benzene rings is 2. The molecule has 0 aromatic heterocycles. The standard InChI is InChI=1S/C17H19BrFN/c1-12-5-3-4-6-14(12)9-10-20-13(2)16-11-15(18)7-8-17(16)19/h3-8,11,13,20H,9-10H2,1-2H3. The molecule has 20 heavy (non-hydrogen) atoms. The number of aryl methyl sites for hydroxylation is 1. The normalized spacial score (nSPS) is 12.4. The lowest BCUT2D eigenvalue weighted by atomic mass is 10.0. The summed E-state index contributed by atoms with van der Waals surface area (Å²) in [5.74, 6) is -0.163. The number of rotatable bonds is 5. The molecular weight excluding hydrogens is 317 g/mol. The molecule has 0 aliphatic heterocycles. The zero-order valence-electron chi connectivity index (χ0n) is 11.8.